The van der Waals surface area contributed by atoms with E-state index in [2.05, 4.69) is 4.90 Å². The molecule has 1 saturated heterocycles. The van der Waals surface area contributed by atoms with E-state index in [1.54, 1.807) is 6.92 Å². The third kappa shape index (κ3) is 3.81. The van der Waals surface area contributed by atoms with Crippen LogP contribution in [0, 0.1) is 0 Å². The van der Waals surface area contributed by atoms with Gasteiger partial charge in [0.2, 0.25) is 0 Å². The first-order chi connectivity index (χ1) is 10.1. The largest absolute Gasteiger partial charge is 0.464 e. The van der Waals surface area contributed by atoms with Gasteiger partial charge in [0.1, 0.15) is 0 Å². The molecule has 5 heteroatoms. The molecule has 2 N–H and O–H groups in total. The summed E-state index contributed by atoms with van der Waals surface area (Å²) in [4.78, 5) is 14.6. The van der Waals surface area contributed by atoms with Crippen molar-refractivity contribution in [3.05, 3.63) is 35.9 Å². The molecule has 2 unspecified atom stereocenters. The van der Waals surface area contributed by atoms with Crippen molar-refractivity contribution in [1.82, 2.24) is 4.90 Å². The highest BCUT2D eigenvalue weighted by atomic mass is 16.5. The molecule has 0 amide bonds. The first kappa shape index (κ1) is 15.9. The van der Waals surface area contributed by atoms with Gasteiger partial charge in [0.05, 0.1) is 19.3 Å². The second-order valence-corrected chi connectivity index (χ2v) is 5.47. The average Bonchev–Trinajstić information content (AvgIpc) is 2.48. The third-order valence-electron chi connectivity index (χ3n) is 3.73. The second kappa shape index (κ2) is 7.02. The Balaban J connectivity index is 2.21. The van der Waals surface area contributed by atoms with E-state index in [1.807, 2.05) is 37.3 Å². The van der Waals surface area contributed by atoms with Crippen LogP contribution in [-0.4, -0.2) is 49.8 Å². The molecule has 1 aliphatic rings. The van der Waals surface area contributed by atoms with Crippen molar-refractivity contribution in [3.63, 3.8) is 0 Å². The first-order valence-corrected chi connectivity index (χ1v) is 7.42. The minimum atomic E-state index is -1.14. The summed E-state index contributed by atoms with van der Waals surface area (Å²) >= 11 is 0. The van der Waals surface area contributed by atoms with Gasteiger partial charge >= 0.3 is 5.97 Å². The molecule has 1 aliphatic heterocycles. The highest BCUT2D eigenvalue weighted by molar-refractivity contribution is 5.82. The smallest absolute Gasteiger partial charge is 0.332 e. The molecule has 0 bridgehead atoms. The fourth-order valence-corrected chi connectivity index (χ4v) is 2.66. The van der Waals surface area contributed by atoms with Crippen molar-refractivity contribution in [1.29, 1.82) is 0 Å². The van der Waals surface area contributed by atoms with Crippen LogP contribution in [0.25, 0.3) is 0 Å². The zero-order valence-corrected chi connectivity index (χ0v) is 12.7. The van der Waals surface area contributed by atoms with Crippen LogP contribution in [0.3, 0.4) is 0 Å². The van der Waals surface area contributed by atoms with Crippen molar-refractivity contribution in [2.24, 2.45) is 5.73 Å². The molecular formula is C16H24N2O3. The molecule has 2 atom stereocenters. The van der Waals surface area contributed by atoms with Crippen LogP contribution in [0.4, 0.5) is 0 Å². The SMILES string of the molecule is CCOC(=O)C(N)(CN1CCOC(C)C1)c1ccccc1. The number of ether oxygens (including phenoxy) is 2. The van der Waals surface area contributed by atoms with E-state index in [9.17, 15) is 4.79 Å². The van der Waals surface area contributed by atoms with Crippen molar-refractivity contribution in [2.75, 3.05) is 32.8 Å². The molecule has 0 aromatic heterocycles. The molecule has 0 spiro atoms. The van der Waals surface area contributed by atoms with Crippen molar-refractivity contribution < 1.29 is 14.3 Å². The van der Waals surface area contributed by atoms with Gasteiger partial charge in [-0.1, -0.05) is 30.3 Å². The summed E-state index contributed by atoms with van der Waals surface area (Å²) in [7, 11) is 0. The normalized spacial score (nSPS) is 22.5. The number of nitrogens with zero attached hydrogens (tertiary/aromatic N) is 1. The Hall–Kier alpha value is -1.43. The average molecular weight is 292 g/mol. The van der Waals surface area contributed by atoms with Crippen molar-refractivity contribution in [2.45, 2.75) is 25.5 Å². The summed E-state index contributed by atoms with van der Waals surface area (Å²) in [6, 6.07) is 9.43. The Morgan fingerprint density at radius 2 is 2.19 bits per heavy atom. The van der Waals surface area contributed by atoms with E-state index in [0.29, 0.717) is 19.8 Å². The van der Waals surface area contributed by atoms with Gasteiger partial charge in [0.25, 0.3) is 0 Å². The van der Waals surface area contributed by atoms with Crippen LogP contribution >= 0.6 is 0 Å². The fourth-order valence-electron chi connectivity index (χ4n) is 2.66. The summed E-state index contributed by atoms with van der Waals surface area (Å²) in [5.41, 5.74) is 6.10. The molecular weight excluding hydrogens is 268 g/mol. The number of esters is 1. The van der Waals surface area contributed by atoms with Crippen LogP contribution in [-0.2, 0) is 19.8 Å². The van der Waals surface area contributed by atoms with Gasteiger partial charge in [-0.25, -0.2) is 4.79 Å². The number of carbonyl (C=O) groups excluding carboxylic acids is 1. The lowest BCUT2D eigenvalue weighted by Gasteiger charge is -2.37. The molecule has 116 valence electrons. The number of carbonyl (C=O) groups is 1. The number of benzene rings is 1. The fraction of sp³-hybridized carbons (Fsp3) is 0.562. The van der Waals surface area contributed by atoms with Gasteiger partial charge < -0.3 is 15.2 Å². The predicted molar refractivity (Wildman–Crippen MR) is 80.8 cm³/mol. The highest BCUT2D eigenvalue weighted by Crippen LogP contribution is 2.22. The van der Waals surface area contributed by atoms with Crippen LogP contribution < -0.4 is 5.73 Å². The van der Waals surface area contributed by atoms with Gasteiger partial charge in [-0.15, -0.1) is 0 Å². The zero-order valence-electron chi connectivity index (χ0n) is 12.7. The number of nitrogens with two attached hydrogens (primary N) is 1. The van der Waals surface area contributed by atoms with Crippen LogP contribution in [0.1, 0.15) is 19.4 Å². The van der Waals surface area contributed by atoms with E-state index in [1.165, 1.54) is 0 Å². The van der Waals surface area contributed by atoms with Gasteiger partial charge in [-0.05, 0) is 19.4 Å². The second-order valence-electron chi connectivity index (χ2n) is 5.47. The number of hydrogen-bond acceptors (Lipinski definition) is 5. The van der Waals surface area contributed by atoms with E-state index < -0.39 is 5.54 Å². The molecule has 1 aromatic rings. The minimum absolute atomic E-state index is 0.154. The highest BCUT2D eigenvalue weighted by Gasteiger charge is 2.40. The Morgan fingerprint density at radius 3 is 2.81 bits per heavy atom. The lowest BCUT2D eigenvalue weighted by molar-refractivity contribution is -0.151. The van der Waals surface area contributed by atoms with Crippen LogP contribution in [0.5, 0.6) is 0 Å². The molecule has 21 heavy (non-hydrogen) atoms. The van der Waals surface area contributed by atoms with Crippen molar-refractivity contribution in [3.8, 4) is 0 Å². The van der Waals surface area contributed by atoms with E-state index in [-0.39, 0.29) is 12.1 Å². The predicted octanol–water partition coefficient (Wildman–Crippen LogP) is 1.12. The van der Waals surface area contributed by atoms with Gasteiger partial charge in [-0.2, -0.15) is 0 Å². The first-order valence-electron chi connectivity index (χ1n) is 7.42. The number of hydrogen-bond donors (Lipinski definition) is 1. The Morgan fingerprint density at radius 1 is 1.48 bits per heavy atom. The maximum Gasteiger partial charge on any atom is 0.332 e. The number of rotatable bonds is 5. The Bertz CT molecular complexity index is 466. The summed E-state index contributed by atoms with van der Waals surface area (Å²) in [6.45, 7) is 6.78. The van der Waals surface area contributed by atoms with E-state index in [0.717, 1.165) is 18.7 Å². The monoisotopic (exact) mass is 292 g/mol. The Labute approximate surface area is 126 Å². The van der Waals surface area contributed by atoms with Gasteiger partial charge in [0, 0.05) is 19.6 Å². The minimum Gasteiger partial charge on any atom is -0.464 e. The summed E-state index contributed by atoms with van der Waals surface area (Å²) in [5.74, 6) is -0.379. The molecule has 0 radical (unpaired) electrons. The maximum atomic E-state index is 12.4. The molecule has 5 nitrogen and oxygen atoms in total. The molecule has 0 saturated carbocycles. The van der Waals surface area contributed by atoms with E-state index in [4.69, 9.17) is 15.2 Å². The summed E-state index contributed by atoms with van der Waals surface area (Å²) < 4.78 is 10.7. The maximum absolute atomic E-state index is 12.4. The van der Waals surface area contributed by atoms with Crippen molar-refractivity contribution >= 4 is 5.97 Å². The molecule has 1 fully saturated rings. The molecule has 2 rings (SSSR count). The Kier molecular flexibility index (Phi) is 5.33. The molecule has 1 heterocycles. The standard InChI is InChI=1S/C16H24N2O3/c1-3-20-15(19)16(17,14-7-5-4-6-8-14)12-18-9-10-21-13(2)11-18/h4-8,13H,3,9-12,17H2,1-2H3. The topological polar surface area (TPSA) is 64.8 Å². The zero-order chi connectivity index (χ0) is 15.3. The number of morpholine rings is 1. The summed E-state index contributed by atoms with van der Waals surface area (Å²) in [6.07, 6.45) is 0.154. The molecule has 0 aliphatic carbocycles. The van der Waals surface area contributed by atoms with Crippen LogP contribution in [0.15, 0.2) is 30.3 Å². The summed E-state index contributed by atoms with van der Waals surface area (Å²) in [5, 5.41) is 0. The lowest BCUT2D eigenvalue weighted by atomic mass is 9.90. The third-order valence-corrected chi connectivity index (χ3v) is 3.73. The van der Waals surface area contributed by atoms with E-state index >= 15 is 0 Å². The molecule has 1 aromatic carbocycles. The van der Waals surface area contributed by atoms with Gasteiger partial charge in [-0.3, -0.25) is 4.90 Å². The lowest BCUT2D eigenvalue weighted by Crippen LogP contribution is -2.56. The van der Waals surface area contributed by atoms with Gasteiger partial charge in [0.15, 0.2) is 5.54 Å². The quantitative estimate of drug-likeness (QED) is 0.824. The van der Waals surface area contributed by atoms with Crippen LogP contribution in [0.2, 0.25) is 0 Å².